The van der Waals surface area contributed by atoms with Crippen LogP contribution in [0.2, 0.25) is 0 Å². The summed E-state index contributed by atoms with van der Waals surface area (Å²) in [6, 6.07) is 11.1. The summed E-state index contributed by atoms with van der Waals surface area (Å²) in [5.41, 5.74) is 1.58. The van der Waals surface area contributed by atoms with Crippen LogP contribution in [0.5, 0.6) is 0 Å². The molecule has 0 saturated heterocycles. The molecule has 0 spiro atoms. The van der Waals surface area contributed by atoms with Crippen molar-refractivity contribution in [2.24, 2.45) is 0 Å². The van der Waals surface area contributed by atoms with Crippen LogP contribution in [-0.2, 0) is 0 Å². The predicted molar refractivity (Wildman–Crippen MR) is 96.0 cm³/mol. The van der Waals surface area contributed by atoms with E-state index in [4.69, 9.17) is 4.42 Å². The number of carbonyl (C=O) groups is 1. The van der Waals surface area contributed by atoms with E-state index in [1.807, 2.05) is 36.4 Å². The van der Waals surface area contributed by atoms with E-state index in [1.165, 1.54) is 11.8 Å². The lowest BCUT2D eigenvalue weighted by Crippen LogP contribution is -1.99. The summed E-state index contributed by atoms with van der Waals surface area (Å²) in [4.78, 5) is 16.0. The van der Waals surface area contributed by atoms with Gasteiger partial charge >= 0.3 is 0 Å². The van der Waals surface area contributed by atoms with E-state index in [1.54, 1.807) is 12.4 Å². The third-order valence-corrected chi connectivity index (χ3v) is 4.71. The monoisotopic (exact) mass is 403 g/mol. The van der Waals surface area contributed by atoms with Crippen molar-refractivity contribution in [2.75, 3.05) is 5.75 Å². The summed E-state index contributed by atoms with van der Waals surface area (Å²) in [5, 5.41) is 8.54. The van der Waals surface area contributed by atoms with Gasteiger partial charge in [-0.3, -0.25) is 9.78 Å². The fraction of sp³-hybridized carbons (Fsp3) is 0.176. The van der Waals surface area contributed by atoms with Crippen molar-refractivity contribution in [2.45, 2.75) is 18.1 Å². The summed E-state index contributed by atoms with van der Waals surface area (Å²) in [7, 11) is 0. The lowest BCUT2D eigenvalue weighted by Gasteiger charge is -2.00. The highest BCUT2D eigenvalue weighted by atomic mass is 79.9. The highest BCUT2D eigenvalue weighted by Gasteiger charge is 2.10. The molecule has 122 valence electrons. The van der Waals surface area contributed by atoms with Gasteiger partial charge in [0.2, 0.25) is 5.89 Å². The zero-order valence-electron chi connectivity index (χ0n) is 12.7. The van der Waals surface area contributed by atoms with Gasteiger partial charge in [0.15, 0.2) is 5.78 Å². The topological polar surface area (TPSA) is 68.9 Å². The summed E-state index contributed by atoms with van der Waals surface area (Å²) in [5.74, 6) is 1.37. The van der Waals surface area contributed by atoms with Gasteiger partial charge in [0.25, 0.3) is 5.22 Å². The molecule has 7 heteroatoms. The van der Waals surface area contributed by atoms with Gasteiger partial charge in [-0.25, -0.2) is 0 Å². The molecule has 0 aliphatic rings. The number of ketones is 1. The second-order valence-corrected chi connectivity index (χ2v) is 6.95. The first kappa shape index (κ1) is 16.9. The van der Waals surface area contributed by atoms with Crippen molar-refractivity contribution < 1.29 is 9.21 Å². The van der Waals surface area contributed by atoms with Crippen molar-refractivity contribution in [3.05, 3.63) is 58.8 Å². The Morgan fingerprint density at radius 1 is 1.08 bits per heavy atom. The average Bonchev–Trinajstić information content (AvgIpc) is 3.09. The molecule has 2 aromatic heterocycles. The Kier molecular flexibility index (Phi) is 5.77. The molecular weight excluding hydrogens is 390 g/mol. The Bertz CT molecular complexity index is 806. The standard InChI is InChI=1S/C17H14BrN3O2S/c18-14-5-3-12(4-6-14)15(22)2-1-11-24-17-21-20-16(23-17)13-7-9-19-10-8-13/h3-10H,1-2,11H2. The number of aromatic nitrogens is 3. The SMILES string of the molecule is O=C(CCCSc1nnc(-c2ccncc2)o1)c1ccc(Br)cc1. The number of halogens is 1. The number of carbonyl (C=O) groups excluding carboxylic acids is 1. The Morgan fingerprint density at radius 3 is 2.58 bits per heavy atom. The number of hydrogen-bond acceptors (Lipinski definition) is 6. The molecule has 0 aliphatic heterocycles. The minimum atomic E-state index is 0.145. The van der Waals surface area contributed by atoms with Gasteiger partial charge in [0.1, 0.15) is 0 Å². The largest absolute Gasteiger partial charge is 0.411 e. The van der Waals surface area contributed by atoms with E-state index in [9.17, 15) is 4.79 Å². The minimum absolute atomic E-state index is 0.145. The molecule has 3 aromatic rings. The number of nitrogens with zero attached hydrogens (tertiary/aromatic N) is 3. The molecule has 0 unspecified atom stereocenters. The summed E-state index contributed by atoms with van der Waals surface area (Å²) >= 11 is 4.82. The molecule has 0 fully saturated rings. The van der Waals surface area contributed by atoms with Gasteiger partial charge in [-0.05, 0) is 30.7 Å². The first-order valence-corrected chi connectivity index (χ1v) is 9.16. The molecule has 1 aromatic carbocycles. The zero-order chi connectivity index (χ0) is 16.8. The second kappa shape index (κ2) is 8.21. The van der Waals surface area contributed by atoms with Gasteiger partial charge in [0, 0.05) is 40.2 Å². The lowest BCUT2D eigenvalue weighted by atomic mass is 10.1. The summed E-state index contributed by atoms with van der Waals surface area (Å²) in [6.07, 6.45) is 4.62. The van der Waals surface area contributed by atoms with Crippen LogP contribution in [0.4, 0.5) is 0 Å². The molecule has 0 radical (unpaired) electrons. The second-order valence-electron chi connectivity index (χ2n) is 4.99. The minimum Gasteiger partial charge on any atom is -0.411 e. The third kappa shape index (κ3) is 4.52. The number of Topliss-reactive ketones (excluding diaryl/α,β-unsaturated/α-hetero) is 1. The first-order chi connectivity index (χ1) is 11.7. The fourth-order valence-corrected chi connectivity index (χ4v) is 3.02. The van der Waals surface area contributed by atoms with Crippen molar-refractivity contribution in [1.82, 2.24) is 15.2 Å². The molecule has 0 aliphatic carbocycles. The van der Waals surface area contributed by atoms with Crippen LogP contribution in [0, 0.1) is 0 Å². The normalized spacial score (nSPS) is 10.7. The van der Waals surface area contributed by atoms with Gasteiger partial charge in [-0.1, -0.05) is 39.8 Å². The maximum Gasteiger partial charge on any atom is 0.276 e. The maximum absolute atomic E-state index is 12.1. The molecule has 2 heterocycles. The van der Waals surface area contributed by atoms with E-state index in [0.717, 1.165) is 27.8 Å². The summed E-state index contributed by atoms with van der Waals surface area (Å²) < 4.78 is 6.57. The van der Waals surface area contributed by atoms with Gasteiger partial charge in [-0.15, -0.1) is 10.2 Å². The van der Waals surface area contributed by atoms with Crippen LogP contribution < -0.4 is 0 Å². The highest BCUT2D eigenvalue weighted by molar-refractivity contribution is 9.10. The molecule has 24 heavy (non-hydrogen) atoms. The molecule has 3 rings (SSSR count). The molecule has 0 amide bonds. The molecule has 0 atom stereocenters. The van der Waals surface area contributed by atoms with Gasteiger partial charge in [0.05, 0.1) is 0 Å². The number of rotatable bonds is 7. The molecule has 0 N–H and O–H groups in total. The van der Waals surface area contributed by atoms with Crippen molar-refractivity contribution in [3.8, 4) is 11.5 Å². The average molecular weight is 404 g/mol. The lowest BCUT2D eigenvalue weighted by molar-refractivity contribution is 0.0982. The van der Waals surface area contributed by atoms with Crippen LogP contribution in [0.25, 0.3) is 11.5 Å². The van der Waals surface area contributed by atoms with Crippen LogP contribution in [-0.4, -0.2) is 26.7 Å². The number of hydrogen-bond donors (Lipinski definition) is 0. The van der Waals surface area contributed by atoms with E-state index in [-0.39, 0.29) is 5.78 Å². The first-order valence-electron chi connectivity index (χ1n) is 7.38. The van der Waals surface area contributed by atoms with Crippen LogP contribution in [0.3, 0.4) is 0 Å². The predicted octanol–water partition coefficient (Wildman–Crippen LogP) is 4.65. The molecule has 0 saturated carbocycles. The Balaban J connectivity index is 1.46. The van der Waals surface area contributed by atoms with E-state index < -0.39 is 0 Å². The van der Waals surface area contributed by atoms with E-state index >= 15 is 0 Å². The van der Waals surface area contributed by atoms with Crippen molar-refractivity contribution >= 4 is 33.5 Å². The van der Waals surface area contributed by atoms with Gasteiger partial charge < -0.3 is 4.42 Å². The summed E-state index contributed by atoms with van der Waals surface area (Å²) in [6.45, 7) is 0. The Labute approximate surface area is 152 Å². The number of benzene rings is 1. The molecular formula is C17H14BrN3O2S. The van der Waals surface area contributed by atoms with Crippen molar-refractivity contribution in [1.29, 1.82) is 0 Å². The number of thioether (sulfide) groups is 1. The maximum atomic E-state index is 12.1. The zero-order valence-corrected chi connectivity index (χ0v) is 15.1. The third-order valence-electron chi connectivity index (χ3n) is 3.27. The van der Waals surface area contributed by atoms with E-state index in [2.05, 4.69) is 31.1 Å². The molecule has 5 nitrogen and oxygen atoms in total. The van der Waals surface area contributed by atoms with Gasteiger partial charge in [-0.2, -0.15) is 0 Å². The fourth-order valence-electron chi connectivity index (χ4n) is 2.05. The Hall–Kier alpha value is -1.99. The van der Waals surface area contributed by atoms with Crippen LogP contribution >= 0.6 is 27.7 Å². The highest BCUT2D eigenvalue weighted by Crippen LogP contribution is 2.23. The Morgan fingerprint density at radius 2 is 1.83 bits per heavy atom. The van der Waals surface area contributed by atoms with E-state index in [0.29, 0.717) is 17.5 Å². The van der Waals surface area contributed by atoms with Crippen molar-refractivity contribution in [3.63, 3.8) is 0 Å². The smallest absolute Gasteiger partial charge is 0.276 e. The molecule has 0 bridgehead atoms. The number of pyridine rings is 1. The quantitative estimate of drug-likeness (QED) is 0.324. The van der Waals surface area contributed by atoms with Crippen LogP contribution in [0.1, 0.15) is 23.2 Å². The van der Waals surface area contributed by atoms with Crippen LogP contribution in [0.15, 0.2) is 62.9 Å².